The number of amides is 1. The van der Waals surface area contributed by atoms with Gasteiger partial charge in [0.15, 0.2) is 0 Å². The first-order chi connectivity index (χ1) is 14.6. The first-order valence-electron chi connectivity index (χ1n) is 9.55. The lowest BCUT2D eigenvalue weighted by molar-refractivity contribution is -0.117. The molecule has 0 aliphatic rings. The molecule has 6 nitrogen and oxygen atoms in total. The van der Waals surface area contributed by atoms with E-state index in [1.807, 2.05) is 55.5 Å². The van der Waals surface area contributed by atoms with E-state index < -0.39 is 5.91 Å². The van der Waals surface area contributed by atoms with E-state index in [0.717, 1.165) is 27.7 Å². The molecule has 0 aliphatic heterocycles. The minimum atomic E-state index is -0.430. The van der Waals surface area contributed by atoms with E-state index in [2.05, 4.69) is 16.0 Å². The second-order valence-corrected chi connectivity index (χ2v) is 6.79. The van der Waals surface area contributed by atoms with Crippen molar-refractivity contribution < 1.29 is 9.53 Å². The maximum atomic E-state index is 12.4. The Bertz CT molecular complexity index is 1190. The van der Waals surface area contributed by atoms with Gasteiger partial charge in [0.05, 0.1) is 18.2 Å². The second-order valence-electron chi connectivity index (χ2n) is 6.79. The number of carbonyl (C=O) groups excluding carboxylic acids is 1. The normalized spacial score (nSPS) is 11.1. The molecule has 150 valence electrons. The summed E-state index contributed by atoms with van der Waals surface area (Å²) in [5, 5.41) is 22.6. The van der Waals surface area contributed by atoms with E-state index in [-0.39, 0.29) is 5.57 Å². The number of benzene rings is 2. The summed E-state index contributed by atoms with van der Waals surface area (Å²) in [5.41, 5.74) is 4.29. The molecule has 0 saturated heterocycles. The number of nitriles is 2. The highest BCUT2D eigenvalue weighted by Gasteiger charge is 2.16. The van der Waals surface area contributed by atoms with Gasteiger partial charge >= 0.3 is 0 Å². The Morgan fingerprint density at radius 2 is 1.90 bits per heavy atom. The molecule has 0 spiro atoms. The Hall–Kier alpha value is -3.87. The van der Waals surface area contributed by atoms with E-state index in [1.54, 1.807) is 19.3 Å². The molecule has 0 bridgehead atoms. The molecule has 3 rings (SSSR count). The Morgan fingerprint density at radius 1 is 1.17 bits per heavy atom. The molecule has 1 heterocycles. The monoisotopic (exact) mass is 398 g/mol. The Morgan fingerprint density at radius 3 is 2.63 bits per heavy atom. The SMILES string of the molecule is COCCNC(=O)/C(C#N)=C/c1c(C)n(Cc2ccccc2C#N)c2ccccc12. The number of fused-ring (bicyclic) bond motifs is 1. The molecule has 1 N–H and O–H groups in total. The lowest BCUT2D eigenvalue weighted by Gasteiger charge is -2.10. The van der Waals surface area contributed by atoms with E-state index in [4.69, 9.17) is 4.74 Å². The molecule has 0 aliphatic carbocycles. The summed E-state index contributed by atoms with van der Waals surface area (Å²) in [7, 11) is 1.55. The molecule has 0 saturated carbocycles. The van der Waals surface area contributed by atoms with Crippen molar-refractivity contribution in [2.45, 2.75) is 13.5 Å². The summed E-state index contributed by atoms with van der Waals surface area (Å²) in [6.07, 6.45) is 1.63. The minimum absolute atomic E-state index is 0.0366. The van der Waals surface area contributed by atoms with Crippen molar-refractivity contribution in [3.63, 3.8) is 0 Å². The highest BCUT2D eigenvalue weighted by atomic mass is 16.5. The highest BCUT2D eigenvalue weighted by molar-refractivity contribution is 6.04. The lowest BCUT2D eigenvalue weighted by Crippen LogP contribution is -2.27. The molecule has 30 heavy (non-hydrogen) atoms. The van der Waals surface area contributed by atoms with Crippen LogP contribution in [0, 0.1) is 29.6 Å². The van der Waals surface area contributed by atoms with Crippen molar-refractivity contribution in [3.8, 4) is 12.1 Å². The van der Waals surface area contributed by atoms with Gasteiger partial charge in [-0.1, -0.05) is 36.4 Å². The van der Waals surface area contributed by atoms with Gasteiger partial charge in [-0.2, -0.15) is 10.5 Å². The first-order valence-corrected chi connectivity index (χ1v) is 9.55. The summed E-state index contributed by atoms with van der Waals surface area (Å²) >= 11 is 0. The number of rotatable bonds is 7. The number of para-hydroxylation sites is 1. The van der Waals surface area contributed by atoms with Crippen LogP contribution < -0.4 is 5.32 Å². The average molecular weight is 398 g/mol. The first kappa shape index (κ1) is 20.9. The van der Waals surface area contributed by atoms with Crippen LogP contribution in [-0.2, 0) is 16.1 Å². The minimum Gasteiger partial charge on any atom is -0.383 e. The maximum Gasteiger partial charge on any atom is 0.262 e. The molecular formula is C24H22N4O2. The van der Waals surface area contributed by atoms with Gasteiger partial charge in [-0.3, -0.25) is 4.79 Å². The number of hydrogen-bond acceptors (Lipinski definition) is 4. The lowest BCUT2D eigenvalue weighted by atomic mass is 10.1. The van der Waals surface area contributed by atoms with Gasteiger partial charge in [-0.15, -0.1) is 0 Å². The van der Waals surface area contributed by atoms with Crippen molar-refractivity contribution in [1.82, 2.24) is 9.88 Å². The maximum absolute atomic E-state index is 12.4. The van der Waals surface area contributed by atoms with E-state index in [0.29, 0.717) is 25.3 Å². The summed E-state index contributed by atoms with van der Waals surface area (Å²) < 4.78 is 7.04. The fourth-order valence-electron chi connectivity index (χ4n) is 3.44. The average Bonchev–Trinajstić information content (AvgIpc) is 3.03. The van der Waals surface area contributed by atoms with Crippen LogP contribution in [0.4, 0.5) is 0 Å². The van der Waals surface area contributed by atoms with Crippen LogP contribution in [0.1, 0.15) is 22.4 Å². The van der Waals surface area contributed by atoms with Crippen molar-refractivity contribution in [2.24, 2.45) is 0 Å². The van der Waals surface area contributed by atoms with Gasteiger partial charge in [-0.25, -0.2) is 0 Å². The number of ether oxygens (including phenoxy) is 1. The molecule has 0 radical (unpaired) electrons. The number of nitrogens with zero attached hydrogens (tertiary/aromatic N) is 3. The Labute approximate surface area is 175 Å². The predicted molar refractivity (Wildman–Crippen MR) is 115 cm³/mol. The van der Waals surface area contributed by atoms with Crippen LogP contribution in [0.3, 0.4) is 0 Å². The largest absolute Gasteiger partial charge is 0.383 e. The van der Waals surface area contributed by atoms with Crippen molar-refractivity contribution >= 4 is 22.9 Å². The summed E-state index contributed by atoms with van der Waals surface area (Å²) in [6, 6.07) is 19.6. The van der Waals surface area contributed by atoms with Crippen molar-refractivity contribution in [3.05, 3.63) is 76.5 Å². The summed E-state index contributed by atoms with van der Waals surface area (Å²) in [6.45, 7) is 3.19. The van der Waals surface area contributed by atoms with Gasteiger partial charge in [-0.05, 0) is 30.7 Å². The van der Waals surface area contributed by atoms with E-state index in [1.165, 1.54) is 0 Å². The number of carbonyl (C=O) groups is 1. The molecule has 0 atom stereocenters. The van der Waals surface area contributed by atoms with Gasteiger partial charge in [0, 0.05) is 42.4 Å². The van der Waals surface area contributed by atoms with E-state index in [9.17, 15) is 15.3 Å². The van der Waals surface area contributed by atoms with Gasteiger partial charge in [0.25, 0.3) is 5.91 Å². The zero-order chi connectivity index (χ0) is 21.5. The van der Waals surface area contributed by atoms with Gasteiger partial charge in [0.2, 0.25) is 0 Å². The van der Waals surface area contributed by atoms with Crippen LogP contribution in [0.5, 0.6) is 0 Å². The summed E-state index contributed by atoms with van der Waals surface area (Å²) in [5.74, 6) is -0.430. The Balaban J connectivity index is 2.07. The number of aromatic nitrogens is 1. The zero-order valence-electron chi connectivity index (χ0n) is 17.0. The number of nitrogens with one attached hydrogen (secondary N) is 1. The topological polar surface area (TPSA) is 90.8 Å². The molecule has 0 fully saturated rings. The third-order valence-electron chi connectivity index (χ3n) is 4.99. The van der Waals surface area contributed by atoms with Crippen LogP contribution in [-0.4, -0.2) is 30.7 Å². The molecule has 1 amide bonds. The highest BCUT2D eigenvalue weighted by Crippen LogP contribution is 2.29. The standard InChI is InChI=1S/C24H22N4O2/c1-17-22(13-20(15-26)24(29)27-11-12-30-2)21-9-5-6-10-23(21)28(17)16-19-8-4-3-7-18(19)14-25/h3-10,13H,11-12,16H2,1-2H3,(H,27,29)/b20-13+. The van der Waals surface area contributed by atoms with Crippen molar-refractivity contribution in [2.75, 3.05) is 20.3 Å². The van der Waals surface area contributed by atoms with E-state index >= 15 is 0 Å². The van der Waals surface area contributed by atoms with Gasteiger partial charge in [0.1, 0.15) is 11.6 Å². The van der Waals surface area contributed by atoms with Crippen LogP contribution >= 0.6 is 0 Å². The fourth-order valence-corrected chi connectivity index (χ4v) is 3.44. The van der Waals surface area contributed by atoms with Crippen molar-refractivity contribution in [1.29, 1.82) is 10.5 Å². The molecular weight excluding hydrogens is 376 g/mol. The fraction of sp³-hybridized carbons (Fsp3) is 0.208. The number of hydrogen-bond donors (Lipinski definition) is 1. The molecule has 3 aromatic rings. The zero-order valence-corrected chi connectivity index (χ0v) is 17.0. The molecule has 2 aromatic carbocycles. The van der Waals surface area contributed by atoms with Gasteiger partial charge < -0.3 is 14.6 Å². The third kappa shape index (κ3) is 4.25. The quantitative estimate of drug-likeness (QED) is 0.374. The Kier molecular flexibility index (Phi) is 6.64. The predicted octanol–water partition coefficient (Wildman–Crippen LogP) is 3.54. The summed E-state index contributed by atoms with van der Waals surface area (Å²) in [4.78, 5) is 12.4. The van der Waals surface area contributed by atoms with Crippen LogP contribution in [0.25, 0.3) is 17.0 Å². The molecule has 0 unspecified atom stereocenters. The number of methoxy groups -OCH3 is 1. The smallest absolute Gasteiger partial charge is 0.262 e. The third-order valence-corrected chi connectivity index (χ3v) is 4.99. The molecule has 1 aromatic heterocycles. The second kappa shape index (κ2) is 9.56. The van der Waals surface area contributed by atoms with Crippen LogP contribution in [0.2, 0.25) is 0 Å². The molecule has 6 heteroatoms. The van der Waals surface area contributed by atoms with Crippen LogP contribution in [0.15, 0.2) is 54.1 Å².